The summed E-state index contributed by atoms with van der Waals surface area (Å²) in [6, 6.07) is -0.961. The van der Waals surface area contributed by atoms with Gasteiger partial charge < -0.3 is 65.1 Å². The largest absolute Gasteiger partial charge is 0.394 e. The van der Waals surface area contributed by atoms with Gasteiger partial charge in [-0.15, -0.1) is 0 Å². The van der Waals surface area contributed by atoms with Crippen LogP contribution in [0.4, 0.5) is 0 Å². The van der Waals surface area contributed by atoms with Gasteiger partial charge in [0.25, 0.3) is 0 Å². The van der Waals surface area contributed by atoms with Gasteiger partial charge in [0.1, 0.15) is 48.8 Å². The molecule has 0 bridgehead atoms. The van der Waals surface area contributed by atoms with Gasteiger partial charge in [0.15, 0.2) is 12.6 Å². The molecule has 69 heavy (non-hydrogen) atoms. The number of carbonyl (C=O) groups excluding carboxylic acids is 1. The molecule has 0 aromatic rings. The Balaban J connectivity index is 1.78. The van der Waals surface area contributed by atoms with Crippen molar-refractivity contribution in [1.29, 1.82) is 0 Å². The number of hydrogen-bond donors (Lipinski definition) is 9. The molecule has 2 saturated heterocycles. The van der Waals surface area contributed by atoms with E-state index in [9.17, 15) is 45.6 Å². The number of allylic oxidation sites excluding steroid dienone is 19. The fraction of sp³-hybridized carbons (Fsp3) is 0.618. The molecule has 1 amide bonds. The summed E-state index contributed by atoms with van der Waals surface area (Å²) in [7, 11) is 0. The van der Waals surface area contributed by atoms with Crippen LogP contribution in [0.2, 0.25) is 0 Å². The molecule has 12 unspecified atom stereocenters. The lowest BCUT2D eigenvalue weighted by Crippen LogP contribution is -2.65. The van der Waals surface area contributed by atoms with Gasteiger partial charge >= 0.3 is 0 Å². The third-order valence-corrected chi connectivity index (χ3v) is 11.4. The van der Waals surface area contributed by atoms with Crippen molar-refractivity contribution in [3.05, 3.63) is 122 Å². The SMILES string of the molecule is CC/C=C\C/C=C\C/C=C\C/C=C\C/C=C\C/C=C\C/C=C\C/C=C\CCCCC(=O)NC(COC1OC(CO)C(OC2OC(CO)C(O)C(O)C2O)C(O)C1O)C(O)/C=C/CC/C=C/CCCC. The molecule has 390 valence electrons. The molecule has 2 aliphatic heterocycles. The average Bonchev–Trinajstić information content (AvgIpc) is 3.35. The summed E-state index contributed by atoms with van der Waals surface area (Å²) < 4.78 is 22.6. The van der Waals surface area contributed by atoms with Crippen molar-refractivity contribution in [2.45, 2.75) is 197 Å². The number of unbranched alkanes of at least 4 members (excludes halogenated alkanes) is 5. The van der Waals surface area contributed by atoms with Crippen molar-refractivity contribution < 1.29 is 64.6 Å². The number of amides is 1. The zero-order chi connectivity index (χ0) is 50.3. The summed E-state index contributed by atoms with van der Waals surface area (Å²) >= 11 is 0. The highest BCUT2D eigenvalue weighted by atomic mass is 16.7. The monoisotopic (exact) mass is 970 g/mol. The highest BCUT2D eigenvalue weighted by Gasteiger charge is 2.51. The van der Waals surface area contributed by atoms with Crippen LogP contribution < -0.4 is 5.32 Å². The first kappa shape index (κ1) is 61.5. The summed E-state index contributed by atoms with van der Waals surface area (Å²) in [5, 5.41) is 86.4. The summed E-state index contributed by atoms with van der Waals surface area (Å²) in [5.41, 5.74) is 0. The van der Waals surface area contributed by atoms with Crippen LogP contribution in [0.5, 0.6) is 0 Å². The first-order valence-corrected chi connectivity index (χ1v) is 25.3. The Morgan fingerprint density at radius 3 is 1.54 bits per heavy atom. The average molecular weight is 970 g/mol. The van der Waals surface area contributed by atoms with Crippen LogP contribution in [-0.2, 0) is 23.7 Å². The molecule has 0 aromatic carbocycles. The zero-order valence-corrected chi connectivity index (χ0v) is 41.2. The van der Waals surface area contributed by atoms with E-state index in [1.807, 2.05) is 6.08 Å². The molecule has 2 aliphatic rings. The molecule has 0 aromatic heterocycles. The number of rotatable bonds is 36. The third kappa shape index (κ3) is 27.0. The molecule has 0 aliphatic carbocycles. The second-order valence-corrected chi connectivity index (χ2v) is 17.2. The Hall–Kier alpha value is -3.61. The van der Waals surface area contributed by atoms with E-state index in [0.29, 0.717) is 12.8 Å². The minimum absolute atomic E-state index is 0.208. The second kappa shape index (κ2) is 40.0. The molecule has 2 heterocycles. The number of aliphatic hydroxyl groups excluding tert-OH is 8. The van der Waals surface area contributed by atoms with Crippen LogP contribution in [0.15, 0.2) is 122 Å². The van der Waals surface area contributed by atoms with Crippen LogP contribution in [0, 0.1) is 0 Å². The summed E-state index contributed by atoms with van der Waals surface area (Å²) in [5.74, 6) is -0.303. The van der Waals surface area contributed by atoms with Crippen LogP contribution in [-0.4, -0.2) is 140 Å². The number of ether oxygens (including phenoxy) is 4. The van der Waals surface area contributed by atoms with E-state index in [4.69, 9.17) is 18.9 Å². The molecule has 12 atom stereocenters. The molecule has 0 spiro atoms. The van der Waals surface area contributed by atoms with E-state index in [-0.39, 0.29) is 18.9 Å². The minimum atomic E-state index is -1.80. The predicted molar refractivity (Wildman–Crippen MR) is 272 cm³/mol. The van der Waals surface area contributed by atoms with Gasteiger partial charge in [-0.3, -0.25) is 4.79 Å². The molecule has 14 nitrogen and oxygen atoms in total. The van der Waals surface area contributed by atoms with Crippen molar-refractivity contribution in [3.8, 4) is 0 Å². The van der Waals surface area contributed by atoms with Gasteiger partial charge in [-0.25, -0.2) is 0 Å². The lowest BCUT2D eigenvalue weighted by molar-refractivity contribution is -0.359. The summed E-state index contributed by atoms with van der Waals surface area (Å²) in [6.45, 7) is 2.50. The van der Waals surface area contributed by atoms with E-state index in [0.717, 1.165) is 89.9 Å². The molecular weight excluding hydrogens is 883 g/mol. The lowest BCUT2D eigenvalue weighted by atomic mass is 9.97. The Morgan fingerprint density at radius 2 is 1.00 bits per heavy atom. The van der Waals surface area contributed by atoms with Crippen molar-refractivity contribution in [2.24, 2.45) is 0 Å². The highest BCUT2D eigenvalue weighted by molar-refractivity contribution is 5.76. The summed E-state index contributed by atoms with van der Waals surface area (Å²) in [4.78, 5) is 13.1. The number of nitrogens with one attached hydrogen (secondary N) is 1. The number of hydrogen-bond acceptors (Lipinski definition) is 13. The predicted octanol–water partition coefficient (Wildman–Crippen LogP) is 6.71. The van der Waals surface area contributed by atoms with Gasteiger partial charge in [-0.2, -0.15) is 0 Å². The molecule has 14 heteroatoms. The normalized spacial score (nSPS) is 27.2. The minimum Gasteiger partial charge on any atom is -0.394 e. The first-order valence-electron chi connectivity index (χ1n) is 25.3. The topological polar surface area (TPSA) is 228 Å². The van der Waals surface area contributed by atoms with Crippen LogP contribution >= 0.6 is 0 Å². The molecular formula is C55H87NO13. The van der Waals surface area contributed by atoms with E-state index >= 15 is 0 Å². The van der Waals surface area contributed by atoms with Crippen LogP contribution in [0.3, 0.4) is 0 Å². The molecule has 0 saturated carbocycles. The second-order valence-electron chi connectivity index (χ2n) is 17.2. The number of aliphatic hydroxyl groups is 8. The van der Waals surface area contributed by atoms with Crippen molar-refractivity contribution in [3.63, 3.8) is 0 Å². The third-order valence-electron chi connectivity index (χ3n) is 11.4. The standard InChI is InChI=1S/C55H87NO13/c1-3-5-7-9-11-13-14-15-16-17-18-19-20-21-22-23-24-25-26-27-28-29-30-31-33-35-37-39-47(60)56-43(44(59)38-36-34-32-12-10-8-6-4-2)42-66-54-52(65)50(63)53(46(41-58)68-54)69-55-51(64)49(62)48(61)45(40-57)67-55/h5,7,10-13,15-16,18-19,21-22,24-25,27-28,30-31,36,38,43-46,48-55,57-59,61-65H,3-4,6,8-9,14,17,20,23,26,29,32-35,37,39-42H2,1-2H3,(H,56,60)/b7-5-,12-10+,13-11-,16-15-,19-18-,22-21-,25-24-,28-27-,31-30-,38-36+. The van der Waals surface area contributed by atoms with Gasteiger partial charge in [0.05, 0.1) is 32.0 Å². The van der Waals surface area contributed by atoms with E-state index in [1.54, 1.807) is 6.08 Å². The maximum atomic E-state index is 13.1. The molecule has 9 N–H and O–H groups in total. The zero-order valence-electron chi connectivity index (χ0n) is 41.2. The maximum absolute atomic E-state index is 13.1. The van der Waals surface area contributed by atoms with Crippen molar-refractivity contribution in [1.82, 2.24) is 5.32 Å². The quantitative estimate of drug-likeness (QED) is 0.0236. The van der Waals surface area contributed by atoms with Gasteiger partial charge in [-0.1, -0.05) is 148 Å². The summed E-state index contributed by atoms with van der Waals surface area (Å²) in [6.07, 6.45) is 39.9. The maximum Gasteiger partial charge on any atom is 0.220 e. The van der Waals surface area contributed by atoms with Gasteiger partial charge in [-0.05, 0) is 89.9 Å². The molecule has 2 rings (SSSR count). The van der Waals surface area contributed by atoms with E-state index in [1.165, 1.54) is 0 Å². The Kier molecular flexibility index (Phi) is 35.7. The Bertz CT molecular complexity index is 1620. The van der Waals surface area contributed by atoms with E-state index < -0.39 is 86.8 Å². The first-order chi connectivity index (χ1) is 33.6. The Labute approximate surface area is 412 Å². The smallest absolute Gasteiger partial charge is 0.220 e. The van der Waals surface area contributed by atoms with Gasteiger partial charge in [0, 0.05) is 6.42 Å². The molecule has 2 fully saturated rings. The highest BCUT2D eigenvalue weighted by Crippen LogP contribution is 2.30. The fourth-order valence-electron chi connectivity index (χ4n) is 7.25. The van der Waals surface area contributed by atoms with Gasteiger partial charge in [0.2, 0.25) is 5.91 Å². The Morgan fingerprint density at radius 1 is 0.536 bits per heavy atom. The number of carbonyl (C=O) groups is 1. The molecule has 0 radical (unpaired) electrons. The van der Waals surface area contributed by atoms with Crippen LogP contribution in [0.1, 0.15) is 123 Å². The van der Waals surface area contributed by atoms with E-state index in [2.05, 4.69) is 129 Å². The van der Waals surface area contributed by atoms with Crippen LogP contribution in [0.25, 0.3) is 0 Å². The van der Waals surface area contributed by atoms with Crippen molar-refractivity contribution >= 4 is 5.91 Å². The lowest BCUT2D eigenvalue weighted by Gasteiger charge is -2.46. The fourth-order valence-corrected chi connectivity index (χ4v) is 7.25. The van der Waals surface area contributed by atoms with Crippen molar-refractivity contribution in [2.75, 3.05) is 19.8 Å².